The highest BCUT2D eigenvalue weighted by Crippen LogP contribution is 2.41. The molecule has 1 aliphatic heterocycles. The number of hydrogen-bond donors (Lipinski definition) is 2. The van der Waals surface area contributed by atoms with Crippen molar-refractivity contribution in [1.82, 2.24) is 15.2 Å². The Morgan fingerprint density at radius 2 is 2.33 bits per heavy atom. The molecule has 0 radical (unpaired) electrons. The van der Waals surface area contributed by atoms with Crippen LogP contribution in [0.4, 0.5) is 0 Å². The van der Waals surface area contributed by atoms with Gasteiger partial charge in [0, 0.05) is 29.1 Å². The molecule has 8 heteroatoms. The van der Waals surface area contributed by atoms with E-state index in [4.69, 9.17) is 22.2 Å². The third-order valence-electron chi connectivity index (χ3n) is 3.64. The van der Waals surface area contributed by atoms with Crippen LogP contribution in [0, 0.1) is 0 Å². The van der Waals surface area contributed by atoms with Crippen molar-refractivity contribution in [3.63, 3.8) is 0 Å². The third-order valence-corrected chi connectivity index (χ3v) is 7.28. The molecule has 2 heterocycles. The molecule has 3 unspecified atom stereocenters. The topological polar surface area (TPSA) is 65.1 Å². The fourth-order valence-corrected chi connectivity index (χ4v) is 6.08. The number of hydrogen-bond acceptors (Lipinski definition) is 6. The fraction of sp³-hybridized carbons (Fsp3) is 0.769. The van der Waals surface area contributed by atoms with Crippen molar-refractivity contribution in [1.29, 1.82) is 0 Å². The first kappa shape index (κ1) is 17.4. The first-order valence-electron chi connectivity index (χ1n) is 7.12. The van der Waals surface area contributed by atoms with Gasteiger partial charge < -0.3 is 4.74 Å². The predicted molar refractivity (Wildman–Crippen MR) is 92.0 cm³/mol. The summed E-state index contributed by atoms with van der Waals surface area (Å²) in [5.74, 6) is 8.22. The van der Waals surface area contributed by atoms with Crippen LogP contribution in [0.1, 0.15) is 25.1 Å². The number of halogens is 1. The lowest BCUT2D eigenvalue weighted by atomic mass is 10.1. The highest BCUT2D eigenvalue weighted by Gasteiger charge is 2.35. The van der Waals surface area contributed by atoms with Crippen molar-refractivity contribution < 1.29 is 4.74 Å². The molecule has 5 nitrogen and oxygen atoms in total. The van der Waals surface area contributed by atoms with Crippen LogP contribution in [0.2, 0.25) is 5.02 Å². The summed E-state index contributed by atoms with van der Waals surface area (Å²) in [5.41, 5.74) is 3.94. The van der Waals surface area contributed by atoms with Gasteiger partial charge in [0.15, 0.2) is 0 Å². The molecular weight excluding hydrogens is 328 g/mol. The van der Waals surface area contributed by atoms with Crippen molar-refractivity contribution in [2.45, 2.75) is 36.4 Å². The van der Waals surface area contributed by atoms with Crippen LogP contribution in [0.3, 0.4) is 0 Å². The van der Waals surface area contributed by atoms with E-state index in [0.717, 1.165) is 17.9 Å². The van der Waals surface area contributed by atoms with E-state index in [1.807, 2.05) is 28.2 Å². The van der Waals surface area contributed by atoms with E-state index >= 15 is 0 Å². The highest BCUT2D eigenvalue weighted by molar-refractivity contribution is 8.07. The zero-order valence-electron chi connectivity index (χ0n) is 12.4. The third kappa shape index (κ3) is 4.09. The Balaban J connectivity index is 2.25. The molecule has 1 aliphatic rings. The van der Waals surface area contributed by atoms with Crippen LogP contribution >= 0.6 is 35.1 Å². The van der Waals surface area contributed by atoms with Crippen LogP contribution in [0.5, 0.6) is 0 Å². The van der Waals surface area contributed by atoms with Gasteiger partial charge in [0.05, 0.1) is 36.1 Å². The number of ether oxygens (including phenoxy) is 1. The number of nitrogens with one attached hydrogen (secondary N) is 1. The van der Waals surface area contributed by atoms with E-state index in [-0.39, 0.29) is 6.04 Å². The molecule has 21 heavy (non-hydrogen) atoms. The molecule has 1 fully saturated rings. The summed E-state index contributed by atoms with van der Waals surface area (Å²) in [4.78, 5) is 0. The van der Waals surface area contributed by atoms with Gasteiger partial charge in [-0.25, -0.2) is 0 Å². The molecule has 0 bridgehead atoms. The lowest BCUT2D eigenvalue weighted by Crippen LogP contribution is -2.43. The summed E-state index contributed by atoms with van der Waals surface area (Å²) in [6, 6.07) is -0.000365. The van der Waals surface area contributed by atoms with Gasteiger partial charge in [-0.2, -0.15) is 28.6 Å². The second-order valence-corrected chi connectivity index (χ2v) is 7.93. The smallest absolute Gasteiger partial charge is 0.0835 e. The normalized spacial score (nSPS) is 24.2. The number of hydrazine groups is 1. The lowest BCUT2D eigenvalue weighted by Gasteiger charge is -2.35. The molecule has 0 saturated carbocycles. The van der Waals surface area contributed by atoms with Crippen molar-refractivity contribution in [2.75, 3.05) is 25.2 Å². The monoisotopic (exact) mass is 350 g/mol. The van der Waals surface area contributed by atoms with Crippen LogP contribution in [0.25, 0.3) is 0 Å². The molecule has 1 saturated heterocycles. The Bertz CT molecular complexity index is 446. The summed E-state index contributed by atoms with van der Waals surface area (Å²) in [6.45, 7) is 3.51. The average Bonchev–Trinajstić information content (AvgIpc) is 2.88. The molecular formula is C13H23ClN4OS2. The van der Waals surface area contributed by atoms with Crippen LogP contribution in [0.15, 0.2) is 6.20 Å². The molecule has 0 amide bonds. The predicted octanol–water partition coefficient (Wildman–Crippen LogP) is 2.31. The zero-order chi connectivity index (χ0) is 15.2. The minimum absolute atomic E-state index is 0.000365. The minimum Gasteiger partial charge on any atom is -0.383 e. The number of rotatable bonds is 7. The Morgan fingerprint density at radius 1 is 1.57 bits per heavy atom. The average molecular weight is 351 g/mol. The van der Waals surface area contributed by atoms with Crippen molar-refractivity contribution >= 4 is 35.1 Å². The Kier molecular flexibility index (Phi) is 7.18. The first-order valence-corrected chi connectivity index (χ1v) is 9.59. The maximum atomic E-state index is 6.37. The minimum atomic E-state index is -0.000365. The largest absolute Gasteiger partial charge is 0.383 e. The van der Waals surface area contributed by atoms with E-state index in [1.165, 1.54) is 5.75 Å². The van der Waals surface area contributed by atoms with Crippen LogP contribution in [-0.4, -0.2) is 45.5 Å². The van der Waals surface area contributed by atoms with Gasteiger partial charge in [0.2, 0.25) is 0 Å². The summed E-state index contributed by atoms with van der Waals surface area (Å²) in [5, 5.41) is 6.00. The molecule has 0 aliphatic carbocycles. The number of aromatic nitrogens is 2. The van der Waals surface area contributed by atoms with E-state index < -0.39 is 0 Å². The first-order chi connectivity index (χ1) is 10.2. The number of nitrogens with zero attached hydrogens (tertiary/aromatic N) is 2. The Morgan fingerprint density at radius 3 is 3.00 bits per heavy atom. The Labute approximate surface area is 139 Å². The van der Waals surface area contributed by atoms with Crippen molar-refractivity contribution in [2.24, 2.45) is 5.84 Å². The molecule has 1 aromatic heterocycles. The quantitative estimate of drug-likeness (QED) is 0.581. The maximum Gasteiger partial charge on any atom is 0.0835 e. The van der Waals surface area contributed by atoms with Crippen molar-refractivity contribution in [3.05, 3.63) is 16.9 Å². The SMILES string of the molecule is CCC1SCCSC1C(NN)c1c(Cl)cnn1CCOC. The molecule has 3 N–H and O–H groups in total. The summed E-state index contributed by atoms with van der Waals surface area (Å²) < 4.78 is 7.05. The molecule has 120 valence electrons. The van der Waals surface area contributed by atoms with Crippen LogP contribution < -0.4 is 11.3 Å². The van der Waals surface area contributed by atoms with E-state index in [2.05, 4.69) is 17.4 Å². The number of nitrogens with two attached hydrogens (primary N) is 1. The van der Waals surface area contributed by atoms with Gasteiger partial charge in [0.1, 0.15) is 0 Å². The molecule has 3 atom stereocenters. The van der Waals surface area contributed by atoms with E-state index in [0.29, 0.717) is 28.7 Å². The molecule has 2 rings (SSSR count). The summed E-state index contributed by atoms with van der Waals surface area (Å²) >= 11 is 10.4. The van der Waals surface area contributed by atoms with E-state index in [9.17, 15) is 0 Å². The molecule has 0 spiro atoms. The Hall–Kier alpha value is 0.0800. The second-order valence-electron chi connectivity index (χ2n) is 4.89. The summed E-state index contributed by atoms with van der Waals surface area (Å²) in [6.07, 6.45) is 2.82. The van der Waals surface area contributed by atoms with Gasteiger partial charge in [0.25, 0.3) is 0 Å². The standard InChI is InChI=1S/C13H23ClN4OS2/c1-3-10-13(21-7-6-20-10)11(17-15)12-9(14)8-16-18(12)4-5-19-2/h8,10-11,13,17H,3-7,15H2,1-2H3. The van der Waals surface area contributed by atoms with E-state index in [1.54, 1.807) is 13.3 Å². The van der Waals surface area contributed by atoms with Crippen LogP contribution in [-0.2, 0) is 11.3 Å². The highest BCUT2D eigenvalue weighted by atomic mass is 35.5. The van der Waals surface area contributed by atoms with Gasteiger partial charge in [-0.3, -0.25) is 16.0 Å². The van der Waals surface area contributed by atoms with Gasteiger partial charge >= 0.3 is 0 Å². The van der Waals surface area contributed by atoms with Crippen molar-refractivity contribution in [3.8, 4) is 0 Å². The summed E-state index contributed by atoms with van der Waals surface area (Å²) in [7, 11) is 1.68. The van der Waals surface area contributed by atoms with Gasteiger partial charge in [-0.05, 0) is 6.42 Å². The van der Waals surface area contributed by atoms with Gasteiger partial charge in [-0.15, -0.1) is 0 Å². The lowest BCUT2D eigenvalue weighted by molar-refractivity contribution is 0.181. The molecule has 0 aromatic carbocycles. The number of methoxy groups -OCH3 is 1. The van der Waals surface area contributed by atoms with Gasteiger partial charge in [-0.1, -0.05) is 18.5 Å². The number of thioether (sulfide) groups is 2. The molecule has 1 aromatic rings. The second kappa shape index (κ2) is 8.64. The maximum absolute atomic E-state index is 6.37. The zero-order valence-corrected chi connectivity index (χ0v) is 14.8. The fourth-order valence-electron chi connectivity index (χ4n) is 2.61.